The molecule has 1 heterocycles. The molecule has 0 spiro atoms. The lowest BCUT2D eigenvalue weighted by atomic mass is 9.95. The van der Waals surface area contributed by atoms with Gasteiger partial charge in [0.2, 0.25) is 0 Å². The number of carbonyl (C=O) groups excluding carboxylic acids is 1. The molecule has 0 saturated heterocycles. The van der Waals surface area contributed by atoms with E-state index in [1.165, 1.54) is 44.5 Å². The summed E-state index contributed by atoms with van der Waals surface area (Å²) in [6, 6.07) is 3.97. The monoisotopic (exact) mass is 304 g/mol. The van der Waals surface area contributed by atoms with E-state index in [-0.39, 0.29) is 5.91 Å². The molecular weight excluding hydrogens is 280 g/mol. The summed E-state index contributed by atoms with van der Waals surface area (Å²) in [5, 5.41) is 17.7. The van der Waals surface area contributed by atoms with Crippen LogP contribution in [0.4, 0.5) is 0 Å². The van der Waals surface area contributed by atoms with Crippen LogP contribution in [0.15, 0.2) is 23.5 Å². The summed E-state index contributed by atoms with van der Waals surface area (Å²) in [6.45, 7) is 1.59. The molecule has 1 aliphatic rings. The first-order valence-electron chi connectivity index (χ1n) is 7.94. The van der Waals surface area contributed by atoms with Gasteiger partial charge >= 0.3 is 0 Å². The van der Waals surface area contributed by atoms with Gasteiger partial charge in [-0.3, -0.25) is 9.78 Å². The average molecular weight is 304 g/mol. The van der Waals surface area contributed by atoms with E-state index < -0.39 is 0 Å². The number of aromatic nitrogens is 1. The second-order valence-corrected chi connectivity index (χ2v) is 5.61. The first kappa shape index (κ1) is 16.4. The molecule has 1 aliphatic carbocycles. The minimum atomic E-state index is -0.127. The van der Waals surface area contributed by atoms with Crippen molar-refractivity contribution in [2.75, 3.05) is 13.1 Å². The molecule has 3 N–H and O–H groups in total. The van der Waals surface area contributed by atoms with E-state index in [0.717, 1.165) is 13.0 Å². The van der Waals surface area contributed by atoms with Gasteiger partial charge in [0.15, 0.2) is 0 Å². The molecule has 6 heteroatoms. The first-order valence-corrected chi connectivity index (χ1v) is 7.94. The van der Waals surface area contributed by atoms with E-state index in [2.05, 4.69) is 20.8 Å². The van der Waals surface area contributed by atoms with Crippen molar-refractivity contribution >= 4 is 12.1 Å². The maximum atomic E-state index is 11.9. The Morgan fingerprint density at radius 1 is 1.32 bits per heavy atom. The summed E-state index contributed by atoms with van der Waals surface area (Å²) < 4.78 is 0. The highest BCUT2D eigenvalue weighted by molar-refractivity contribution is 5.94. The highest BCUT2D eigenvalue weighted by Crippen LogP contribution is 2.17. The zero-order valence-electron chi connectivity index (χ0n) is 12.8. The van der Waals surface area contributed by atoms with E-state index in [4.69, 9.17) is 5.21 Å². The summed E-state index contributed by atoms with van der Waals surface area (Å²) in [6.07, 6.45) is 10.2. The van der Waals surface area contributed by atoms with Gasteiger partial charge < -0.3 is 15.8 Å². The van der Waals surface area contributed by atoms with Crippen LogP contribution in [0, 0.1) is 0 Å². The topological polar surface area (TPSA) is 86.6 Å². The van der Waals surface area contributed by atoms with Crippen molar-refractivity contribution in [3.05, 3.63) is 29.6 Å². The molecule has 22 heavy (non-hydrogen) atoms. The molecule has 0 bridgehead atoms. The molecule has 0 unspecified atom stereocenters. The second kappa shape index (κ2) is 9.15. The molecule has 6 nitrogen and oxygen atoms in total. The average Bonchev–Trinajstić information content (AvgIpc) is 2.56. The zero-order chi connectivity index (χ0) is 15.6. The van der Waals surface area contributed by atoms with Crippen LogP contribution in [0.5, 0.6) is 0 Å². The summed E-state index contributed by atoms with van der Waals surface area (Å²) in [5.41, 5.74) is 1.02. The largest absolute Gasteiger partial charge is 0.411 e. The van der Waals surface area contributed by atoms with Gasteiger partial charge in [-0.1, -0.05) is 24.4 Å². The smallest absolute Gasteiger partial charge is 0.252 e. The standard InChI is InChI=1S/C16H24N4O2/c21-16(13-7-8-15(12-20-22)19-11-13)18-10-4-9-17-14-5-2-1-3-6-14/h7-8,11-12,14,17,22H,1-6,9-10H2,(H,18,21). The fourth-order valence-corrected chi connectivity index (χ4v) is 2.68. The SMILES string of the molecule is O=C(NCCCNC1CCCCC1)c1ccc(C=NO)nc1. The summed E-state index contributed by atoms with van der Waals surface area (Å²) in [4.78, 5) is 15.9. The van der Waals surface area contributed by atoms with Gasteiger partial charge in [-0.2, -0.15) is 0 Å². The zero-order valence-corrected chi connectivity index (χ0v) is 12.8. The molecule has 0 atom stereocenters. The van der Waals surface area contributed by atoms with Gasteiger partial charge in [0.05, 0.1) is 17.5 Å². The van der Waals surface area contributed by atoms with Crippen molar-refractivity contribution in [3.8, 4) is 0 Å². The minimum Gasteiger partial charge on any atom is -0.411 e. The van der Waals surface area contributed by atoms with Crippen LogP contribution in [-0.4, -0.2) is 41.4 Å². The van der Waals surface area contributed by atoms with Gasteiger partial charge in [0.1, 0.15) is 0 Å². The molecule has 2 rings (SSSR count). The van der Waals surface area contributed by atoms with Crippen LogP contribution in [-0.2, 0) is 0 Å². The van der Waals surface area contributed by atoms with Crippen molar-refractivity contribution in [3.63, 3.8) is 0 Å². The Morgan fingerprint density at radius 3 is 2.82 bits per heavy atom. The van der Waals surface area contributed by atoms with Gasteiger partial charge in [-0.15, -0.1) is 0 Å². The Kier molecular flexibility index (Phi) is 6.83. The van der Waals surface area contributed by atoms with Crippen molar-refractivity contribution in [2.45, 2.75) is 44.6 Å². The Bertz CT molecular complexity index is 481. The van der Waals surface area contributed by atoms with Crippen molar-refractivity contribution in [1.29, 1.82) is 0 Å². The summed E-state index contributed by atoms with van der Waals surface area (Å²) in [7, 11) is 0. The predicted molar refractivity (Wildman–Crippen MR) is 85.4 cm³/mol. The molecule has 1 saturated carbocycles. The lowest BCUT2D eigenvalue weighted by molar-refractivity contribution is 0.0953. The van der Waals surface area contributed by atoms with Crippen LogP contribution in [0.1, 0.15) is 54.6 Å². The van der Waals surface area contributed by atoms with Crippen LogP contribution in [0.2, 0.25) is 0 Å². The number of pyridine rings is 1. The van der Waals surface area contributed by atoms with E-state index in [9.17, 15) is 4.79 Å². The minimum absolute atomic E-state index is 0.127. The fourth-order valence-electron chi connectivity index (χ4n) is 2.68. The number of oxime groups is 1. The number of hydrogen-bond donors (Lipinski definition) is 3. The Hall–Kier alpha value is -1.95. The molecular formula is C16H24N4O2. The molecule has 1 aromatic heterocycles. The Morgan fingerprint density at radius 2 is 2.14 bits per heavy atom. The van der Waals surface area contributed by atoms with Crippen molar-refractivity contribution in [2.24, 2.45) is 5.16 Å². The maximum Gasteiger partial charge on any atom is 0.252 e. The van der Waals surface area contributed by atoms with Crippen LogP contribution in [0.25, 0.3) is 0 Å². The van der Waals surface area contributed by atoms with E-state index in [1.807, 2.05) is 0 Å². The van der Waals surface area contributed by atoms with Gasteiger partial charge in [0.25, 0.3) is 5.91 Å². The summed E-state index contributed by atoms with van der Waals surface area (Å²) >= 11 is 0. The fraction of sp³-hybridized carbons (Fsp3) is 0.562. The lowest BCUT2D eigenvalue weighted by Crippen LogP contribution is -2.34. The summed E-state index contributed by atoms with van der Waals surface area (Å²) in [5.74, 6) is -0.127. The molecule has 120 valence electrons. The molecule has 1 fully saturated rings. The molecule has 0 radical (unpaired) electrons. The van der Waals surface area contributed by atoms with E-state index in [1.54, 1.807) is 12.1 Å². The Balaban J connectivity index is 1.62. The number of rotatable bonds is 7. The number of nitrogens with zero attached hydrogens (tertiary/aromatic N) is 2. The molecule has 1 amide bonds. The number of carbonyl (C=O) groups is 1. The third-order valence-electron chi connectivity index (χ3n) is 3.92. The van der Waals surface area contributed by atoms with Crippen molar-refractivity contribution < 1.29 is 10.0 Å². The highest BCUT2D eigenvalue weighted by Gasteiger charge is 2.11. The third kappa shape index (κ3) is 5.44. The highest BCUT2D eigenvalue weighted by atomic mass is 16.4. The van der Waals surface area contributed by atoms with Crippen molar-refractivity contribution in [1.82, 2.24) is 15.6 Å². The number of hydrogen-bond acceptors (Lipinski definition) is 5. The molecule has 1 aromatic rings. The third-order valence-corrected chi connectivity index (χ3v) is 3.92. The van der Waals surface area contributed by atoms with Crippen LogP contribution in [0.3, 0.4) is 0 Å². The number of nitrogens with one attached hydrogen (secondary N) is 2. The predicted octanol–water partition coefficient (Wildman–Crippen LogP) is 1.93. The van der Waals surface area contributed by atoms with Gasteiger partial charge in [-0.25, -0.2) is 0 Å². The second-order valence-electron chi connectivity index (χ2n) is 5.61. The van der Waals surface area contributed by atoms with Gasteiger partial charge in [-0.05, 0) is 37.9 Å². The lowest BCUT2D eigenvalue weighted by Gasteiger charge is -2.22. The Labute approximate surface area is 131 Å². The van der Waals surface area contributed by atoms with E-state index >= 15 is 0 Å². The van der Waals surface area contributed by atoms with Gasteiger partial charge in [0, 0.05) is 18.8 Å². The number of amides is 1. The molecule has 0 aliphatic heterocycles. The van der Waals surface area contributed by atoms with Crippen LogP contribution >= 0.6 is 0 Å². The molecule has 0 aromatic carbocycles. The first-order chi connectivity index (χ1) is 10.8. The quantitative estimate of drug-likeness (QED) is 0.311. The normalized spacial score (nSPS) is 16.0. The van der Waals surface area contributed by atoms with Crippen LogP contribution < -0.4 is 10.6 Å². The maximum absolute atomic E-state index is 11.9. The van der Waals surface area contributed by atoms with E-state index in [0.29, 0.717) is 23.8 Å².